The number of benzene rings is 2. The number of anilines is 1. The molecule has 0 heterocycles. The van der Waals surface area contributed by atoms with Crippen LogP contribution in [0.4, 0.5) is 5.69 Å². The molecule has 1 atom stereocenters. The lowest BCUT2D eigenvalue weighted by Gasteiger charge is -2.33. The van der Waals surface area contributed by atoms with Gasteiger partial charge in [0.1, 0.15) is 18.3 Å². The second-order valence-electron chi connectivity index (χ2n) is 9.33. The zero-order chi connectivity index (χ0) is 25.7. The van der Waals surface area contributed by atoms with Crippen LogP contribution >= 0.6 is 0 Å². The summed E-state index contributed by atoms with van der Waals surface area (Å²) in [5.41, 5.74) is 1.66. The quantitative estimate of drug-likeness (QED) is 0.584. The number of methoxy groups -OCH3 is 1. The maximum absolute atomic E-state index is 13.6. The molecule has 2 rings (SSSR count). The van der Waals surface area contributed by atoms with Gasteiger partial charge in [-0.05, 0) is 57.9 Å². The van der Waals surface area contributed by atoms with Crippen molar-refractivity contribution in [3.63, 3.8) is 0 Å². The van der Waals surface area contributed by atoms with E-state index in [1.165, 1.54) is 12.0 Å². The Morgan fingerprint density at radius 3 is 2.29 bits per heavy atom. The third-order valence-electron chi connectivity index (χ3n) is 5.29. The van der Waals surface area contributed by atoms with Gasteiger partial charge in [-0.25, -0.2) is 8.42 Å². The Morgan fingerprint density at radius 1 is 1.09 bits per heavy atom. The van der Waals surface area contributed by atoms with Gasteiger partial charge in [-0.1, -0.05) is 30.3 Å². The van der Waals surface area contributed by atoms with E-state index in [9.17, 15) is 18.0 Å². The molecular formula is C25H35N3O5S. The van der Waals surface area contributed by atoms with E-state index in [0.29, 0.717) is 11.4 Å². The van der Waals surface area contributed by atoms with E-state index in [4.69, 9.17) is 4.74 Å². The number of carbonyl (C=O) groups is 2. The van der Waals surface area contributed by atoms with Gasteiger partial charge in [-0.3, -0.25) is 13.9 Å². The van der Waals surface area contributed by atoms with Crippen LogP contribution in [0.15, 0.2) is 48.5 Å². The number of hydrogen-bond acceptors (Lipinski definition) is 5. The molecule has 0 saturated heterocycles. The molecule has 2 aromatic rings. The van der Waals surface area contributed by atoms with Crippen molar-refractivity contribution in [2.45, 2.75) is 52.7 Å². The first-order valence-corrected chi connectivity index (χ1v) is 12.9. The van der Waals surface area contributed by atoms with Gasteiger partial charge in [0.05, 0.1) is 19.1 Å². The topological polar surface area (TPSA) is 96.0 Å². The molecule has 0 saturated carbocycles. The lowest BCUT2D eigenvalue weighted by Crippen LogP contribution is -2.54. The lowest BCUT2D eigenvalue weighted by atomic mass is 10.1. The van der Waals surface area contributed by atoms with Crippen LogP contribution in [0.1, 0.15) is 38.8 Å². The Hall–Kier alpha value is -3.07. The molecule has 0 aromatic heterocycles. The van der Waals surface area contributed by atoms with E-state index in [1.54, 1.807) is 31.2 Å². The average Bonchev–Trinajstić information content (AvgIpc) is 2.74. The minimum atomic E-state index is -3.80. The minimum absolute atomic E-state index is 0.167. The molecule has 0 unspecified atom stereocenters. The molecule has 2 aromatic carbocycles. The fourth-order valence-electron chi connectivity index (χ4n) is 3.41. The summed E-state index contributed by atoms with van der Waals surface area (Å²) < 4.78 is 31.5. The zero-order valence-electron chi connectivity index (χ0n) is 21.0. The summed E-state index contributed by atoms with van der Waals surface area (Å²) in [4.78, 5) is 27.9. The predicted molar refractivity (Wildman–Crippen MR) is 134 cm³/mol. The van der Waals surface area contributed by atoms with Crippen molar-refractivity contribution >= 4 is 27.5 Å². The van der Waals surface area contributed by atoms with Gasteiger partial charge in [0.15, 0.2) is 0 Å². The summed E-state index contributed by atoms with van der Waals surface area (Å²) in [5.74, 6) is -0.344. The van der Waals surface area contributed by atoms with Crippen LogP contribution in [0.2, 0.25) is 0 Å². The minimum Gasteiger partial charge on any atom is -0.497 e. The maximum atomic E-state index is 13.6. The van der Waals surface area contributed by atoms with Crippen LogP contribution in [-0.2, 0) is 26.2 Å². The molecule has 0 fully saturated rings. The number of aryl methyl sites for hydroxylation is 1. The molecule has 0 spiro atoms. The molecule has 1 N–H and O–H groups in total. The normalized spacial score (nSPS) is 12.6. The van der Waals surface area contributed by atoms with E-state index < -0.39 is 34.1 Å². The highest BCUT2D eigenvalue weighted by Crippen LogP contribution is 2.24. The van der Waals surface area contributed by atoms with Crippen LogP contribution in [0.25, 0.3) is 0 Å². The molecule has 34 heavy (non-hydrogen) atoms. The van der Waals surface area contributed by atoms with Crippen LogP contribution in [0.5, 0.6) is 5.75 Å². The van der Waals surface area contributed by atoms with Crippen molar-refractivity contribution in [1.29, 1.82) is 0 Å². The van der Waals surface area contributed by atoms with Crippen molar-refractivity contribution in [1.82, 2.24) is 10.2 Å². The number of amides is 2. The molecule has 0 aliphatic heterocycles. The fourth-order valence-corrected chi connectivity index (χ4v) is 4.25. The average molecular weight is 490 g/mol. The highest BCUT2D eigenvalue weighted by atomic mass is 32.2. The monoisotopic (exact) mass is 489 g/mol. The SMILES string of the molecule is COc1cccc(N(CC(=O)N(Cc2ccccc2C)[C@H](C)C(=O)NC(C)(C)C)S(C)(=O)=O)c1. The first-order chi connectivity index (χ1) is 15.7. The Kier molecular flexibility index (Phi) is 8.72. The molecule has 0 aliphatic carbocycles. The van der Waals surface area contributed by atoms with Crippen molar-refractivity contribution < 1.29 is 22.7 Å². The second-order valence-corrected chi connectivity index (χ2v) is 11.2. The Morgan fingerprint density at radius 2 is 1.74 bits per heavy atom. The first kappa shape index (κ1) is 27.2. The van der Waals surface area contributed by atoms with E-state index in [1.807, 2.05) is 52.0 Å². The predicted octanol–water partition coefficient (Wildman–Crippen LogP) is 3.10. The fraction of sp³-hybridized carbons (Fsp3) is 0.440. The third-order valence-corrected chi connectivity index (χ3v) is 6.43. The van der Waals surface area contributed by atoms with Crippen molar-refractivity contribution in [3.05, 3.63) is 59.7 Å². The summed E-state index contributed by atoms with van der Waals surface area (Å²) in [7, 11) is -2.32. The number of nitrogens with zero attached hydrogens (tertiary/aromatic N) is 2. The summed E-state index contributed by atoms with van der Waals surface area (Å²) in [6.07, 6.45) is 1.04. The third kappa shape index (κ3) is 7.48. The Labute approximate surface area is 202 Å². The number of hydrogen-bond donors (Lipinski definition) is 1. The summed E-state index contributed by atoms with van der Waals surface area (Å²) in [5, 5.41) is 2.90. The van der Waals surface area contributed by atoms with Crippen molar-refractivity contribution in [3.8, 4) is 5.75 Å². The number of ether oxygens (including phenoxy) is 1. The van der Waals surface area contributed by atoms with Gasteiger partial charge >= 0.3 is 0 Å². The van der Waals surface area contributed by atoms with Gasteiger partial charge in [-0.15, -0.1) is 0 Å². The Balaban J connectivity index is 2.43. The smallest absolute Gasteiger partial charge is 0.244 e. The zero-order valence-corrected chi connectivity index (χ0v) is 21.8. The van der Waals surface area contributed by atoms with Crippen LogP contribution in [0, 0.1) is 6.92 Å². The molecular weight excluding hydrogens is 454 g/mol. The van der Waals surface area contributed by atoms with Gasteiger partial charge in [0, 0.05) is 18.2 Å². The highest BCUT2D eigenvalue weighted by molar-refractivity contribution is 7.92. The van der Waals surface area contributed by atoms with E-state index in [-0.39, 0.29) is 12.5 Å². The van der Waals surface area contributed by atoms with E-state index in [2.05, 4.69) is 5.32 Å². The molecule has 186 valence electrons. The van der Waals surface area contributed by atoms with Crippen molar-refractivity contribution in [2.75, 3.05) is 24.2 Å². The van der Waals surface area contributed by atoms with Crippen molar-refractivity contribution in [2.24, 2.45) is 0 Å². The molecule has 9 heteroatoms. The summed E-state index contributed by atoms with van der Waals surface area (Å²) in [6.45, 7) is 8.87. The Bertz CT molecular complexity index is 1130. The van der Waals surface area contributed by atoms with Gasteiger partial charge in [-0.2, -0.15) is 0 Å². The van der Waals surface area contributed by atoms with Gasteiger partial charge < -0.3 is 15.0 Å². The van der Waals surface area contributed by atoms with Crippen LogP contribution < -0.4 is 14.4 Å². The number of nitrogens with one attached hydrogen (secondary N) is 1. The standard InChI is InChI=1S/C25H35N3O5S/c1-18-11-8-9-12-20(18)16-27(19(2)24(30)26-25(3,4)5)23(29)17-28(34(7,31)32)21-13-10-14-22(15-21)33-6/h8-15,19H,16-17H2,1-7H3,(H,26,30)/t19-/m1/s1. The number of carbonyl (C=O) groups excluding carboxylic acids is 2. The molecule has 2 amide bonds. The van der Waals surface area contributed by atoms with E-state index >= 15 is 0 Å². The highest BCUT2D eigenvalue weighted by Gasteiger charge is 2.31. The molecule has 8 nitrogen and oxygen atoms in total. The van der Waals surface area contributed by atoms with Gasteiger partial charge in [0.2, 0.25) is 21.8 Å². The second kappa shape index (κ2) is 10.9. The molecule has 0 radical (unpaired) electrons. The molecule has 0 bridgehead atoms. The summed E-state index contributed by atoms with van der Waals surface area (Å²) >= 11 is 0. The number of rotatable bonds is 9. The number of sulfonamides is 1. The largest absolute Gasteiger partial charge is 0.497 e. The first-order valence-electron chi connectivity index (χ1n) is 11.0. The van der Waals surface area contributed by atoms with Gasteiger partial charge in [0.25, 0.3) is 0 Å². The van der Waals surface area contributed by atoms with Crippen LogP contribution in [-0.4, -0.2) is 56.6 Å². The lowest BCUT2D eigenvalue weighted by molar-refractivity contribution is -0.140. The maximum Gasteiger partial charge on any atom is 0.244 e. The summed E-state index contributed by atoms with van der Waals surface area (Å²) in [6, 6.07) is 13.2. The molecule has 0 aliphatic rings. The van der Waals surface area contributed by atoms with Crippen LogP contribution in [0.3, 0.4) is 0 Å². The van der Waals surface area contributed by atoms with E-state index in [0.717, 1.165) is 21.7 Å².